The van der Waals surface area contributed by atoms with Gasteiger partial charge in [-0.3, -0.25) is 14.4 Å². The van der Waals surface area contributed by atoms with Crippen molar-refractivity contribution < 1.29 is 90.4 Å². The van der Waals surface area contributed by atoms with Crippen molar-refractivity contribution in [2.24, 2.45) is 5.16 Å². The summed E-state index contributed by atoms with van der Waals surface area (Å²) in [4.78, 5) is 58.1. The van der Waals surface area contributed by atoms with Crippen molar-refractivity contribution in [1.29, 1.82) is 0 Å². The van der Waals surface area contributed by atoms with Crippen molar-refractivity contribution in [3.05, 3.63) is 53.1 Å². The van der Waals surface area contributed by atoms with Gasteiger partial charge in [-0.2, -0.15) is 0 Å². The van der Waals surface area contributed by atoms with Gasteiger partial charge >= 0.3 is 5.97 Å². The van der Waals surface area contributed by atoms with E-state index in [9.17, 15) is 19.2 Å². The third-order valence-electron chi connectivity index (χ3n) is 10.9. The van der Waals surface area contributed by atoms with E-state index in [2.05, 4.69) is 17.1 Å². The number of fused-ring (bicyclic) bond motifs is 6. The van der Waals surface area contributed by atoms with Gasteiger partial charge in [-0.15, -0.1) is 5.06 Å². The fraction of sp³-hybridized carbons (Fsp3) is 0.612. The normalized spacial score (nSPS) is 16.8. The first-order valence-corrected chi connectivity index (χ1v) is 23.7. The first kappa shape index (κ1) is 56.3. The molecule has 0 saturated heterocycles. The average molecular weight is 1000 g/mol. The van der Waals surface area contributed by atoms with Crippen molar-refractivity contribution in [2.75, 3.05) is 140 Å². The van der Waals surface area contributed by atoms with Crippen LogP contribution in [0.25, 0.3) is 0 Å². The number of benzene rings is 2. The minimum atomic E-state index is -0.740. The molecular weight excluding hydrogens is 935 g/mol. The van der Waals surface area contributed by atoms with E-state index in [1.54, 1.807) is 27.2 Å². The lowest BCUT2D eigenvalue weighted by molar-refractivity contribution is -0.202. The molecule has 0 aromatic heterocycles. The van der Waals surface area contributed by atoms with Crippen LogP contribution >= 0.6 is 0 Å². The molecule has 5 rings (SSSR count). The van der Waals surface area contributed by atoms with Crippen LogP contribution in [0.4, 0.5) is 0 Å². The molecule has 3 amide bonds. The molecule has 2 aromatic rings. The third kappa shape index (κ3) is 17.9. The number of amides is 3. The number of oxime groups is 1. The Morgan fingerprint density at radius 1 is 0.732 bits per heavy atom. The predicted octanol–water partition coefficient (Wildman–Crippen LogP) is 3.12. The van der Waals surface area contributed by atoms with Gasteiger partial charge in [0.05, 0.1) is 132 Å². The smallest absolute Gasteiger partial charge is 0.335 e. The topological polar surface area (TPSA) is 234 Å². The highest BCUT2D eigenvalue weighted by Gasteiger charge is 2.45. The van der Waals surface area contributed by atoms with Crippen LogP contribution in [0.2, 0.25) is 0 Å². The molecule has 22 heteroatoms. The van der Waals surface area contributed by atoms with Gasteiger partial charge in [0.2, 0.25) is 0 Å². The van der Waals surface area contributed by atoms with Crippen LogP contribution < -0.4 is 29.0 Å². The molecule has 3 heterocycles. The minimum Gasteiger partial charge on any atom is -0.493 e. The summed E-state index contributed by atoms with van der Waals surface area (Å²) in [6.07, 6.45) is -0.0765. The fourth-order valence-electron chi connectivity index (χ4n) is 7.32. The molecule has 3 aliphatic heterocycles. The Bertz CT molecular complexity index is 2070. The van der Waals surface area contributed by atoms with Gasteiger partial charge in [-0.25, -0.2) is 4.79 Å². The number of hydrogen-bond donors (Lipinski definition) is 1. The van der Waals surface area contributed by atoms with Crippen molar-refractivity contribution >= 4 is 29.4 Å². The maximum atomic E-state index is 12.8. The quantitative estimate of drug-likeness (QED) is 0.0603. The van der Waals surface area contributed by atoms with Gasteiger partial charge < -0.3 is 76.6 Å². The molecule has 394 valence electrons. The second kappa shape index (κ2) is 31.0. The average Bonchev–Trinajstić information content (AvgIpc) is 3.82. The molecule has 71 heavy (non-hydrogen) atoms. The van der Waals surface area contributed by atoms with Crippen LogP contribution in [-0.2, 0) is 73.2 Å². The lowest BCUT2D eigenvalue weighted by Gasteiger charge is -2.39. The zero-order chi connectivity index (χ0) is 50.8. The van der Waals surface area contributed by atoms with Gasteiger partial charge in [0.15, 0.2) is 18.1 Å². The van der Waals surface area contributed by atoms with Crippen molar-refractivity contribution in [1.82, 2.24) is 10.4 Å². The standard InChI is InChI=1S/C49H69N3O19/c1-7-45(55)52(34(4)53)71-46(56)10-12-59-14-16-61-18-20-63-22-24-65-26-27-66-25-23-64-21-19-62-17-15-60-13-11-50-44(54)32-68-51-48-35-8-9-38-37(29-39(69-38)33(2)3)49(35)70-43-31-67-40-30-42(58-6)41(57-5)28-36(40)47(43)48/h8-9,28,30,39,43,47H,2,7,10-27,29,31-32H2,1,3-6H3,(H,50,54)/b51-48+/t39-,43-,47+/m1/s1. The Kier molecular flexibility index (Phi) is 24.6. The molecule has 3 aliphatic rings. The Hall–Kier alpha value is -5.59. The Labute approximate surface area is 414 Å². The van der Waals surface area contributed by atoms with E-state index in [1.165, 1.54) is 0 Å². The summed E-state index contributed by atoms with van der Waals surface area (Å²) in [5.74, 6) is 0.316. The van der Waals surface area contributed by atoms with E-state index in [-0.39, 0.29) is 64.4 Å². The van der Waals surface area contributed by atoms with Crippen LogP contribution in [0.1, 0.15) is 56.2 Å². The SMILES string of the molecule is C=C(C)[C@H]1Cc2c(ccc3c2O[C@@H]2COc4cc(OC)c(OC)cc4[C@@H]2/C3=N/OCC(=O)NCCOCCOCCOCCOCCOCCOCCOCCOCCC(=O)ON(C(C)=O)C(=O)CC)O1. The second-order valence-electron chi connectivity index (χ2n) is 16.0. The van der Waals surface area contributed by atoms with E-state index in [0.29, 0.717) is 126 Å². The number of carbonyl (C=O) groups excluding carboxylic acids is 4. The molecule has 3 atom stereocenters. The van der Waals surface area contributed by atoms with Gasteiger partial charge in [0.25, 0.3) is 17.7 Å². The number of methoxy groups -OCH3 is 2. The number of nitrogens with zero attached hydrogens (tertiary/aromatic N) is 2. The first-order chi connectivity index (χ1) is 34.6. The molecule has 2 aromatic carbocycles. The maximum Gasteiger partial charge on any atom is 0.335 e. The third-order valence-corrected chi connectivity index (χ3v) is 10.9. The number of imide groups is 1. The summed E-state index contributed by atoms with van der Waals surface area (Å²) in [5.41, 5.74) is 3.97. The zero-order valence-corrected chi connectivity index (χ0v) is 41.5. The number of ether oxygens (including phenoxy) is 13. The lowest BCUT2D eigenvalue weighted by Crippen LogP contribution is -2.43. The van der Waals surface area contributed by atoms with Crippen LogP contribution in [0, 0.1) is 0 Å². The number of carbonyl (C=O) groups is 4. The van der Waals surface area contributed by atoms with Crippen molar-refractivity contribution in [3.63, 3.8) is 0 Å². The highest BCUT2D eigenvalue weighted by atomic mass is 16.7. The Balaban J connectivity index is 0.835. The number of hydrogen-bond acceptors (Lipinski definition) is 20. The zero-order valence-electron chi connectivity index (χ0n) is 41.5. The molecule has 1 N–H and O–H groups in total. The fourth-order valence-corrected chi connectivity index (χ4v) is 7.32. The maximum absolute atomic E-state index is 12.8. The largest absolute Gasteiger partial charge is 0.493 e. The molecule has 0 aliphatic carbocycles. The summed E-state index contributed by atoms with van der Waals surface area (Å²) in [6, 6.07) is 7.46. The lowest BCUT2D eigenvalue weighted by atomic mass is 9.80. The van der Waals surface area contributed by atoms with Gasteiger partial charge in [0, 0.05) is 49.1 Å². The van der Waals surface area contributed by atoms with E-state index < -0.39 is 29.8 Å². The molecule has 0 saturated carbocycles. The van der Waals surface area contributed by atoms with Crippen LogP contribution in [0.5, 0.6) is 28.7 Å². The van der Waals surface area contributed by atoms with E-state index in [4.69, 9.17) is 71.3 Å². The second-order valence-corrected chi connectivity index (χ2v) is 16.0. The van der Waals surface area contributed by atoms with Gasteiger partial charge in [-0.1, -0.05) is 18.7 Å². The molecule has 0 bridgehead atoms. The van der Waals surface area contributed by atoms with Crippen LogP contribution in [0.15, 0.2) is 41.6 Å². The monoisotopic (exact) mass is 1000 g/mol. The van der Waals surface area contributed by atoms with E-state index in [0.717, 1.165) is 34.9 Å². The van der Waals surface area contributed by atoms with Crippen molar-refractivity contribution in [2.45, 2.75) is 58.2 Å². The summed E-state index contributed by atoms with van der Waals surface area (Å²) < 4.78 is 73.9. The van der Waals surface area contributed by atoms with E-state index in [1.807, 2.05) is 25.1 Å². The number of rotatable bonds is 34. The number of nitrogens with one attached hydrogen (secondary N) is 1. The van der Waals surface area contributed by atoms with Gasteiger partial charge in [0.1, 0.15) is 41.8 Å². The van der Waals surface area contributed by atoms with Crippen LogP contribution in [0.3, 0.4) is 0 Å². The predicted molar refractivity (Wildman–Crippen MR) is 252 cm³/mol. The molecule has 22 nitrogen and oxygen atoms in total. The molecule has 0 spiro atoms. The molecule has 0 radical (unpaired) electrons. The summed E-state index contributed by atoms with van der Waals surface area (Å²) >= 11 is 0. The summed E-state index contributed by atoms with van der Waals surface area (Å²) in [6.45, 7) is 14.6. The van der Waals surface area contributed by atoms with Crippen LogP contribution in [-0.4, -0.2) is 186 Å². The highest BCUT2D eigenvalue weighted by Crippen LogP contribution is 2.50. The Morgan fingerprint density at radius 3 is 1.82 bits per heavy atom. The van der Waals surface area contributed by atoms with Crippen molar-refractivity contribution in [3.8, 4) is 28.7 Å². The summed E-state index contributed by atoms with van der Waals surface area (Å²) in [7, 11) is 3.14. The first-order valence-electron chi connectivity index (χ1n) is 23.7. The summed E-state index contributed by atoms with van der Waals surface area (Å²) in [5, 5.41) is 7.83. The Morgan fingerprint density at radius 2 is 1.28 bits per heavy atom. The number of hydroxylamine groups is 2. The van der Waals surface area contributed by atoms with E-state index >= 15 is 0 Å². The van der Waals surface area contributed by atoms with Gasteiger partial charge in [-0.05, 0) is 30.7 Å². The highest BCUT2D eigenvalue weighted by molar-refractivity contribution is 6.09. The molecule has 0 fully saturated rings. The molecular formula is C49H69N3O19. The molecule has 0 unspecified atom stereocenters. The minimum absolute atomic E-state index is 0.0348.